The topological polar surface area (TPSA) is 37.3 Å². The molecule has 86 valence electrons. The highest BCUT2D eigenvalue weighted by Gasteiger charge is 2.35. The molecule has 2 nitrogen and oxygen atoms in total. The van der Waals surface area contributed by atoms with E-state index in [1.807, 2.05) is 24.3 Å². The van der Waals surface area contributed by atoms with Gasteiger partial charge in [-0.3, -0.25) is 4.79 Å². The summed E-state index contributed by atoms with van der Waals surface area (Å²) in [7, 11) is 0. The molecule has 0 spiro atoms. The van der Waals surface area contributed by atoms with Crippen molar-refractivity contribution >= 4 is 21.9 Å². The summed E-state index contributed by atoms with van der Waals surface area (Å²) in [6, 6.07) is 7.65. The molecule has 1 N–H and O–H groups in total. The van der Waals surface area contributed by atoms with Gasteiger partial charge in [0.15, 0.2) is 0 Å². The first-order valence-corrected chi connectivity index (χ1v) is 5.80. The molecule has 0 aliphatic rings. The Morgan fingerprint density at radius 2 is 1.94 bits per heavy atom. The van der Waals surface area contributed by atoms with Gasteiger partial charge in [0.05, 0.1) is 5.41 Å². The lowest BCUT2D eigenvalue weighted by atomic mass is 9.75. The van der Waals surface area contributed by atoms with Gasteiger partial charge in [-0.1, -0.05) is 34.1 Å². The second-order valence-electron chi connectivity index (χ2n) is 4.29. The van der Waals surface area contributed by atoms with Crippen LogP contribution < -0.4 is 0 Å². The molecule has 1 unspecified atom stereocenters. The smallest absolute Gasteiger partial charge is 0.310 e. The standard InChI is InChI=1S/C13H15BrO2/c1-4-11(13(2,3)12(15)16)9-5-7-10(14)8-6-9/h4-8,11H,1H2,2-3H3,(H,15,16). The van der Waals surface area contributed by atoms with E-state index in [-0.39, 0.29) is 5.92 Å². The molecule has 0 fully saturated rings. The fourth-order valence-corrected chi connectivity index (χ4v) is 1.91. The van der Waals surface area contributed by atoms with Gasteiger partial charge in [0.25, 0.3) is 0 Å². The first-order valence-electron chi connectivity index (χ1n) is 5.01. The Morgan fingerprint density at radius 3 is 2.31 bits per heavy atom. The molecule has 1 rings (SSSR count). The van der Waals surface area contributed by atoms with E-state index >= 15 is 0 Å². The molecule has 0 amide bonds. The van der Waals surface area contributed by atoms with Crippen molar-refractivity contribution in [3.8, 4) is 0 Å². The van der Waals surface area contributed by atoms with Crippen LogP contribution in [0.15, 0.2) is 41.4 Å². The largest absolute Gasteiger partial charge is 0.481 e. The van der Waals surface area contributed by atoms with Crippen LogP contribution in [0, 0.1) is 5.41 Å². The summed E-state index contributed by atoms with van der Waals surface area (Å²) < 4.78 is 0.979. The number of halogens is 1. The zero-order valence-corrected chi connectivity index (χ0v) is 11.0. The van der Waals surface area contributed by atoms with Crippen molar-refractivity contribution < 1.29 is 9.90 Å². The number of hydrogen-bond donors (Lipinski definition) is 1. The van der Waals surface area contributed by atoms with E-state index in [0.29, 0.717) is 0 Å². The normalized spacial score (nSPS) is 13.2. The SMILES string of the molecule is C=CC(c1ccc(Br)cc1)C(C)(C)C(=O)O. The minimum absolute atomic E-state index is 0.196. The number of carboxylic acids is 1. The molecule has 0 aliphatic heterocycles. The van der Waals surface area contributed by atoms with Crippen LogP contribution >= 0.6 is 15.9 Å². The van der Waals surface area contributed by atoms with Gasteiger partial charge in [0, 0.05) is 10.4 Å². The van der Waals surface area contributed by atoms with Crippen LogP contribution in [0.25, 0.3) is 0 Å². The van der Waals surface area contributed by atoms with Crippen molar-refractivity contribution in [3.63, 3.8) is 0 Å². The second kappa shape index (κ2) is 4.83. The lowest BCUT2D eigenvalue weighted by molar-refractivity contribution is -0.147. The monoisotopic (exact) mass is 282 g/mol. The first-order chi connectivity index (χ1) is 7.39. The number of allylic oxidation sites excluding steroid dienone is 1. The summed E-state index contributed by atoms with van der Waals surface area (Å²) in [5.74, 6) is -1.02. The average molecular weight is 283 g/mol. The van der Waals surface area contributed by atoms with Gasteiger partial charge in [-0.05, 0) is 31.5 Å². The van der Waals surface area contributed by atoms with Gasteiger partial charge in [0.2, 0.25) is 0 Å². The molecular formula is C13H15BrO2. The van der Waals surface area contributed by atoms with E-state index in [4.69, 9.17) is 0 Å². The number of rotatable bonds is 4. The summed E-state index contributed by atoms with van der Waals surface area (Å²) in [6.45, 7) is 7.16. The van der Waals surface area contributed by atoms with Gasteiger partial charge in [-0.2, -0.15) is 0 Å². The molecule has 0 saturated heterocycles. The minimum atomic E-state index is -0.852. The third-order valence-corrected chi connectivity index (χ3v) is 3.32. The van der Waals surface area contributed by atoms with Crippen molar-refractivity contribution in [1.82, 2.24) is 0 Å². The molecular weight excluding hydrogens is 268 g/mol. The molecule has 0 heterocycles. The predicted molar refractivity (Wildman–Crippen MR) is 68.5 cm³/mol. The maximum Gasteiger partial charge on any atom is 0.310 e. The maximum atomic E-state index is 11.2. The van der Waals surface area contributed by atoms with Crippen LogP contribution in [-0.4, -0.2) is 11.1 Å². The minimum Gasteiger partial charge on any atom is -0.481 e. The molecule has 1 aromatic carbocycles. The Bertz CT molecular complexity index is 393. The second-order valence-corrected chi connectivity index (χ2v) is 5.21. The van der Waals surface area contributed by atoms with Crippen LogP contribution in [0.3, 0.4) is 0 Å². The summed E-state index contributed by atoms with van der Waals surface area (Å²) in [5.41, 5.74) is 0.112. The number of carbonyl (C=O) groups is 1. The van der Waals surface area contributed by atoms with Gasteiger partial charge >= 0.3 is 5.97 Å². The van der Waals surface area contributed by atoms with Crippen molar-refractivity contribution in [3.05, 3.63) is 47.0 Å². The molecule has 3 heteroatoms. The molecule has 16 heavy (non-hydrogen) atoms. The Morgan fingerprint density at radius 1 is 1.44 bits per heavy atom. The summed E-state index contributed by atoms with van der Waals surface area (Å²) in [4.78, 5) is 11.2. The van der Waals surface area contributed by atoms with E-state index in [0.717, 1.165) is 10.0 Å². The van der Waals surface area contributed by atoms with Crippen molar-refractivity contribution in [2.75, 3.05) is 0 Å². The Balaban J connectivity index is 3.12. The van der Waals surface area contributed by atoms with E-state index in [1.54, 1.807) is 19.9 Å². The fraction of sp³-hybridized carbons (Fsp3) is 0.308. The summed E-state index contributed by atoms with van der Waals surface area (Å²) in [6.07, 6.45) is 1.69. The van der Waals surface area contributed by atoms with Crippen LogP contribution in [0.5, 0.6) is 0 Å². The number of hydrogen-bond acceptors (Lipinski definition) is 1. The van der Waals surface area contributed by atoms with E-state index in [2.05, 4.69) is 22.5 Å². The molecule has 1 aromatic rings. The van der Waals surface area contributed by atoms with Crippen LogP contribution in [0.2, 0.25) is 0 Å². The Kier molecular flexibility index (Phi) is 3.92. The zero-order valence-electron chi connectivity index (χ0n) is 9.40. The van der Waals surface area contributed by atoms with Crippen LogP contribution in [-0.2, 0) is 4.79 Å². The highest BCUT2D eigenvalue weighted by atomic mass is 79.9. The summed E-state index contributed by atoms with van der Waals surface area (Å²) >= 11 is 3.35. The van der Waals surface area contributed by atoms with Gasteiger partial charge < -0.3 is 5.11 Å². The van der Waals surface area contributed by atoms with Crippen LogP contribution in [0.4, 0.5) is 0 Å². The third-order valence-electron chi connectivity index (χ3n) is 2.79. The van der Waals surface area contributed by atoms with E-state index < -0.39 is 11.4 Å². The lowest BCUT2D eigenvalue weighted by Crippen LogP contribution is -2.30. The lowest BCUT2D eigenvalue weighted by Gasteiger charge is -2.28. The number of carboxylic acid groups (broad SMARTS) is 1. The summed E-state index contributed by atoms with van der Waals surface area (Å²) in [5, 5.41) is 9.20. The maximum absolute atomic E-state index is 11.2. The Labute approximate surface area is 104 Å². The quantitative estimate of drug-likeness (QED) is 0.853. The Hall–Kier alpha value is -1.09. The molecule has 1 atom stereocenters. The van der Waals surface area contributed by atoms with Gasteiger partial charge in [0.1, 0.15) is 0 Å². The zero-order chi connectivity index (χ0) is 12.3. The molecule has 0 bridgehead atoms. The number of aliphatic carboxylic acids is 1. The first kappa shape index (κ1) is 13.0. The van der Waals surface area contributed by atoms with Gasteiger partial charge in [-0.25, -0.2) is 0 Å². The molecule has 0 aliphatic carbocycles. The van der Waals surface area contributed by atoms with Crippen LogP contribution in [0.1, 0.15) is 25.3 Å². The fourth-order valence-electron chi connectivity index (χ4n) is 1.65. The molecule has 0 aromatic heterocycles. The molecule has 0 saturated carbocycles. The van der Waals surface area contributed by atoms with E-state index in [9.17, 15) is 9.90 Å². The van der Waals surface area contributed by atoms with Crippen molar-refractivity contribution in [2.45, 2.75) is 19.8 Å². The number of benzene rings is 1. The average Bonchev–Trinajstić information content (AvgIpc) is 2.21. The van der Waals surface area contributed by atoms with Gasteiger partial charge in [-0.15, -0.1) is 6.58 Å². The third kappa shape index (κ3) is 2.53. The van der Waals surface area contributed by atoms with Crippen molar-refractivity contribution in [2.24, 2.45) is 5.41 Å². The molecule has 0 radical (unpaired) electrons. The highest BCUT2D eigenvalue weighted by Crippen LogP contribution is 2.37. The van der Waals surface area contributed by atoms with Crippen molar-refractivity contribution in [1.29, 1.82) is 0 Å². The highest BCUT2D eigenvalue weighted by molar-refractivity contribution is 9.10. The predicted octanol–water partition coefficient (Wildman–Crippen LogP) is 3.83. The van der Waals surface area contributed by atoms with E-state index in [1.165, 1.54) is 0 Å².